The van der Waals surface area contributed by atoms with Crippen LogP contribution in [0, 0.1) is 0 Å². The van der Waals surface area contributed by atoms with Crippen molar-refractivity contribution < 1.29 is 4.79 Å². The normalized spacial score (nSPS) is 11.8. The minimum Gasteiger partial charge on any atom is -0.356 e. The van der Waals surface area contributed by atoms with Gasteiger partial charge >= 0.3 is 0 Å². The van der Waals surface area contributed by atoms with Gasteiger partial charge in [-0.3, -0.25) is 9.79 Å². The number of halogens is 1. The van der Waals surface area contributed by atoms with Gasteiger partial charge in [-0.25, -0.2) is 0 Å². The molecule has 0 radical (unpaired) electrons. The molecule has 0 spiro atoms. The van der Waals surface area contributed by atoms with Gasteiger partial charge in [0, 0.05) is 19.1 Å². The topological polar surface area (TPSA) is 68.8 Å². The van der Waals surface area contributed by atoms with Gasteiger partial charge in [0.1, 0.15) is 0 Å². The van der Waals surface area contributed by atoms with Gasteiger partial charge in [0.05, 0.1) is 6.54 Å². The first-order valence-electron chi connectivity index (χ1n) is 6.65. The van der Waals surface area contributed by atoms with E-state index in [4.69, 9.17) is 0 Å². The van der Waals surface area contributed by atoms with Crippen LogP contribution in [-0.4, -0.2) is 63.1 Å². The van der Waals surface area contributed by atoms with Gasteiger partial charge in [-0.05, 0) is 47.8 Å². The molecule has 0 unspecified atom stereocenters. The third kappa shape index (κ3) is 13.9. The number of nitrogens with zero attached hydrogens (tertiary/aromatic N) is 2. The maximum Gasteiger partial charge on any atom is 0.239 e. The van der Waals surface area contributed by atoms with Crippen molar-refractivity contribution in [3.8, 4) is 0 Å². The van der Waals surface area contributed by atoms with Gasteiger partial charge in [0.2, 0.25) is 5.91 Å². The number of carbonyl (C=O) groups is 1. The highest BCUT2D eigenvalue weighted by Gasteiger charge is 2.13. The molecule has 0 aromatic heterocycles. The lowest BCUT2D eigenvalue weighted by Crippen LogP contribution is -2.48. The molecule has 1 amide bonds. The summed E-state index contributed by atoms with van der Waals surface area (Å²) in [6.07, 6.45) is 1.03. The van der Waals surface area contributed by atoms with E-state index in [1.165, 1.54) is 0 Å². The average Bonchev–Trinajstić information content (AvgIpc) is 2.25. The number of carbonyl (C=O) groups excluding carboxylic acids is 1. The molecule has 0 aliphatic heterocycles. The van der Waals surface area contributed by atoms with Crippen LogP contribution >= 0.6 is 24.0 Å². The van der Waals surface area contributed by atoms with Crippen LogP contribution in [0.5, 0.6) is 0 Å². The van der Waals surface area contributed by atoms with Gasteiger partial charge in [-0.1, -0.05) is 0 Å². The van der Waals surface area contributed by atoms with Crippen LogP contribution in [-0.2, 0) is 4.79 Å². The van der Waals surface area contributed by atoms with E-state index in [1.807, 2.05) is 34.9 Å². The van der Waals surface area contributed by atoms with Crippen LogP contribution in [0.1, 0.15) is 27.2 Å². The fourth-order valence-corrected chi connectivity index (χ4v) is 1.45. The summed E-state index contributed by atoms with van der Waals surface area (Å²) < 4.78 is 0. The minimum atomic E-state index is -0.207. The maximum atomic E-state index is 11.6. The van der Waals surface area contributed by atoms with E-state index in [1.54, 1.807) is 7.05 Å². The minimum absolute atomic E-state index is 0. The second-order valence-corrected chi connectivity index (χ2v) is 5.81. The summed E-state index contributed by atoms with van der Waals surface area (Å²) in [5, 5.41) is 9.06. The number of aliphatic imine (C=N–C) groups is 1. The molecule has 0 aliphatic carbocycles. The molecule has 0 atom stereocenters. The number of amides is 1. The van der Waals surface area contributed by atoms with Gasteiger partial charge in [-0.2, -0.15) is 0 Å². The summed E-state index contributed by atoms with van der Waals surface area (Å²) in [5.41, 5.74) is -0.207. The number of guanidine groups is 1. The van der Waals surface area contributed by atoms with Crippen molar-refractivity contribution in [2.45, 2.75) is 32.7 Å². The summed E-state index contributed by atoms with van der Waals surface area (Å²) in [5.74, 6) is 0.617. The zero-order valence-electron chi connectivity index (χ0n) is 13.5. The largest absolute Gasteiger partial charge is 0.356 e. The number of hydrogen-bond donors (Lipinski definition) is 3. The molecule has 3 N–H and O–H groups in total. The van der Waals surface area contributed by atoms with Crippen molar-refractivity contribution in [2.75, 3.05) is 40.8 Å². The van der Waals surface area contributed by atoms with Crippen LogP contribution in [0.25, 0.3) is 0 Å². The fraction of sp³-hybridized carbons (Fsp3) is 0.846. The molecule has 0 aromatic carbocycles. The molecule has 0 bridgehead atoms. The zero-order chi connectivity index (χ0) is 14.9. The van der Waals surface area contributed by atoms with Crippen molar-refractivity contribution in [3.63, 3.8) is 0 Å². The van der Waals surface area contributed by atoms with E-state index in [0.29, 0.717) is 5.96 Å². The van der Waals surface area contributed by atoms with Gasteiger partial charge < -0.3 is 20.9 Å². The fourth-order valence-electron chi connectivity index (χ4n) is 1.45. The predicted octanol–water partition coefficient (Wildman–Crippen LogP) is 0.636. The number of rotatable bonds is 6. The van der Waals surface area contributed by atoms with Crippen LogP contribution in [0.2, 0.25) is 0 Å². The van der Waals surface area contributed by atoms with Crippen LogP contribution < -0.4 is 16.0 Å². The maximum absolute atomic E-state index is 11.6. The Balaban J connectivity index is 0. The Morgan fingerprint density at radius 1 is 1.20 bits per heavy atom. The molecule has 0 rings (SSSR count). The van der Waals surface area contributed by atoms with Gasteiger partial charge in [0.15, 0.2) is 5.96 Å². The third-order valence-electron chi connectivity index (χ3n) is 2.23. The molecule has 6 nitrogen and oxygen atoms in total. The molecule has 0 aliphatic rings. The van der Waals surface area contributed by atoms with E-state index < -0.39 is 0 Å². The first-order chi connectivity index (χ1) is 8.74. The highest BCUT2D eigenvalue weighted by Crippen LogP contribution is 1.96. The van der Waals surface area contributed by atoms with Crippen LogP contribution in [0.3, 0.4) is 0 Å². The molecule has 0 heterocycles. The monoisotopic (exact) mass is 399 g/mol. The smallest absolute Gasteiger partial charge is 0.239 e. The molecule has 0 aromatic rings. The molecule has 120 valence electrons. The number of hydrogen-bond acceptors (Lipinski definition) is 3. The summed E-state index contributed by atoms with van der Waals surface area (Å²) in [6.45, 7) is 7.95. The second kappa shape index (κ2) is 11.1. The van der Waals surface area contributed by atoms with Gasteiger partial charge in [0.25, 0.3) is 0 Å². The van der Waals surface area contributed by atoms with Crippen molar-refractivity contribution in [1.82, 2.24) is 20.9 Å². The second-order valence-electron chi connectivity index (χ2n) is 5.81. The van der Waals surface area contributed by atoms with E-state index >= 15 is 0 Å². The molecular weight excluding hydrogens is 369 g/mol. The van der Waals surface area contributed by atoms with Crippen LogP contribution in [0.15, 0.2) is 4.99 Å². The number of nitrogens with one attached hydrogen (secondary N) is 3. The molecular formula is C13H30IN5O. The Kier molecular flexibility index (Phi) is 12.1. The zero-order valence-corrected chi connectivity index (χ0v) is 15.9. The van der Waals surface area contributed by atoms with Crippen molar-refractivity contribution >= 4 is 35.8 Å². The van der Waals surface area contributed by atoms with Crippen molar-refractivity contribution in [2.24, 2.45) is 4.99 Å². The molecule has 20 heavy (non-hydrogen) atoms. The highest BCUT2D eigenvalue weighted by molar-refractivity contribution is 14.0. The SMILES string of the molecule is CN=C(NCCCN(C)C)NCC(=O)NC(C)(C)C.I. The Morgan fingerprint density at radius 2 is 1.80 bits per heavy atom. The standard InChI is InChI=1S/C13H29N5O.HI/c1-13(2,3)17-11(19)10-16-12(14-4)15-8-7-9-18(5)6;/h7-10H2,1-6H3,(H,17,19)(H2,14,15,16);1H. The summed E-state index contributed by atoms with van der Waals surface area (Å²) in [7, 11) is 5.79. The molecule has 0 saturated carbocycles. The summed E-state index contributed by atoms with van der Waals surface area (Å²) >= 11 is 0. The van der Waals surface area contributed by atoms with E-state index in [-0.39, 0.29) is 42.0 Å². The van der Waals surface area contributed by atoms with Crippen LogP contribution in [0.4, 0.5) is 0 Å². The van der Waals surface area contributed by atoms with Crippen molar-refractivity contribution in [3.05, 3.63) is 0 Å². The summed E-state index contributed by atoms with van der Waals surface area (Å²) in [6, 6.07) is 0. The Bertz CT molecular complexity index is 300. The van der Waals surface area contributed by atoms with Crippen molar-refractivity contribution in [1.29, 1.82) is 0 Å². The lowest BCUT2D eigenvalue weighted by molar-refractivity contribution is -0.121. The average molecular weight is 399 g/mol. The summed E-state index contributed by atoms with van der Waals surface area (Å²) in [4.78, 5) is 17.8. The van der Waals surface area contributed by atoms with E-state index in [0.717, 1.165) is 19.5 Å². The molecule has 0 saturated heterocycles. The first kappa shape index (κ1) is 21.7. The van der Waals surface area contributed by atoms with E-state index in [9.17, 15) is 4.79 Å². The first-order valence-corrected chi connectivity index (χ1v) is 6.65. The third-order valence-corrected chi connectivity index (χ3v) is 2.23. The highest BCUT2D eigenvalue weighted by atomic mass is 127. The molecule has 0 fully saturated rings. The molecule has 7 heteroatoms. The predicted molar refractivity (Wildman–Crippen MR) is 95.8 cm³/mol. The Hall–Kier alpha value is -0.570. The lowest BCUT2D eigenvalue weighted by atomic mass is 10.1. The Morgan fingerprint density at radius 3 is 2.25 bits per heavy atom. The lowest BCUT2D eigenvalue weighted by Gasteiger charge is -2.21. The Labute approximate surface area is 140 Å². The van der Waals surface area contributed by atoms with E-state index in [2.05, 4.69) is 25.8 Å². The van der Waals surface area contributed by atoms with Gasteiger partial charge in [-0.15, -0.1) is 24.0 Å². The quantitative estimate of drug-likeness (QED) is 0.265.